The molecule has 276 valence electrons. The summed E-state index contributed by atoms with van der Waals surface area (Å²) >= 11 is 0. The molecule has 0 aliphatic rings. The van der Waals surface area contributed by atoms with Crippen LogP contribution in [0.4, 0.5) is 0 Å². The van der Waals surface area contributed by atoms with Gasteiger partial charge in [0.15, 0.2) is 0 Å². The molecule has 5 heteroatoms. The summed E-state index contributed by atoms with van der Waals surface area (Å²) in [5, 5.41) is 17.3. The van der Waals surface area contributed by atoms with Crippen molar-refractivity contribution >= 4 is 11.9 Å². The van der Waals surface area contributed by atoms with E-state index in [0.29, 0.717) is 24.7 Å². The summed E-state index contributed by atoms with van der Waals surface area (Å²) in [6.07, 6.45) is 44.6. The molecular formula is C42H78O5. The highest BCUT2D eigenvalue weighted by molar-refractivity contribution is 5.66. The minimum Gasteiger partial charge on any atom is -0.481 e. The van der Waals surface area contributed by atoms with Crippen molar-refractivity contribution in [2.45, 2.75) is 206 Å². The van der Waals surface area contributed by atoms with Crippen LogP contribution in [-0.2, 0) is 14.3 Å². The molecule has 0 radical (unpaired) electrons. The number of aliphatic carboxylic acids is 2. The molecule has 0 rings (SSSR count). The maximum Gasteiger partial charge on any atom is 0.303 e. The van der Waals surface area contributed by atoms with E-state index in [1.807, 2.05) is 0 Å². The van der Waals surface area contributed by atoms with E-state index in [1.54, 1.807) is 0 Å². The molecule has 2 atom stereocenters. The highest BCUT2D eigenvalue weighted by Crippen LogP contribution is 2.16. The van der Waals surface area contributed by atoms with Crippen LogP contribution in [0.5, 0.6) is 0 Å². The lowest BCUT2D eigenvalue weighted by molar-refractivity contribution is -0.138. The standard InChI is InChI=1S/C42H78O5/c1-39(33-29-25-21-17-13-9-5-3-7-11-15-19-23-27-31-35-41(43)44)37-47-38-40(2)34-30-26-22-18-14-10-6-4-8-12-16-20-24-28-32-36-42(45)46/h3-4,7-8,39-40H,5-6,9-38H2,1-2H3,(H,43,44)(H,45,46)/b7-3-,8-4-. The SMILES string of the molecule is CC(CCCCCCCC/C=C\CCCCCCCC(=O)O)COCC(C)CCCCCCCC/C=C\CCCCCCCC(=O)O. The van der Waals surface area contributed by atoms with E-state index in [4.69, 9.17) is 14.9 Å². The molecule has 0 aromatic heterocycles. The van der Waals surface area contributed by atoms with Gasteiger partial charge in [0.05, 0.1) is 0 Å². The van der Waals surface area contributed by atoms with Gasteiger partial charge in [-0.3, -0.25) is 9.59 Å². The molecular weight excluding hydrogens is 584 g/mol. The lowest BCUT2D eigenvalue weighted by atomic mass is 10.0. The number of hydrogen-bond acceptors (Lipinski definition) is 3. The maximum atomic E-state index is 10.5. The van der Waals surface area contributed by atoms with E-state index < -0.39 is 11.9 Å². The Bertz CT molecular complexity index is 671. The molecule has 2 unspecified atom stereocenters. The number of carbonyl (C=O) groups is 2. The normalized spacial score (nSPS) is 13.1. The Balaban J connectivity index is 3.34. The van der Waals surface area contributed by atoms with E-state index >= 15 is 0 Å². The van der Waals surface area contributed by atoms with Crippen LogP contribution in [0, 0.1) is 11.8 Å². The Morgan fingerprint density at radius 1 is 0.426 bits per heavy atom. The Hall–Kier alpha value is -1.62. The molecule has 5 nitrogen and oxygen atoms in total. The Morgan fingerprint density at radius 2 is 0.681 bits per heavy atom. The minimum atomic E-state index is -0.669. The third-order valence-electron chi connectivity index (χ3n) is 9.30. The third-order valence-corrected chi connectivity index (χ3v) is 9.30. The minimum absolute atomic E-state index is 0.320. The van der Waals surface area contributed by atoms with Crippen molar-refractivity contribution < 1.29 is 24.5 Å². The van der Waals surface area contributed by atoms with E-state index in [1.165, 1.54) is 141 Å². The number of hydrogen-bond donors (Lipinski definition) is 2. The molecule has 0 amide bonds. The van der Waals surface area contributed by atoms with Crippen LogP contribution in [0.3, 0.4) is 0 Å². The zero-order valence-electron chi connectivity index (χ0n) is 31.2. The molecule has 47 heavy (non-hydrogen) atoms. The maximum absolute atomic E-state index is 10.5. The zero-order valence-corrected chi connectivity index (χ0v) is 31.2. The van der Waals surface area contributed by atoms with Crippen LogP contribution in [0.1, 0.15) is 206 Å². The van der Waals surface area contributed by atoms with Gasteiger partial charge in [0.25, 0.3) is 0 Å². The molecule has 0 bridgehead atoms. The number of ether oxygens (including phenoxy) is 1. The Labute approximate surface area is 291 Å². The van der Waals surface area contributed by atoms with Crippen molar-refractivity contribution in [3.8, 4) is 0 Å². The lowest BCUT2D eigenvalue weighted by Gasteiger charge is -2.15. The molecule has 0 saturated carbocycles. The van der Waals surface area contributed by atoms with Crippen LogP contribution in [0.25, 0.3) is 0 Å². The van der Waals surface area contributed by atoms with Gasteiger partial charge in [-0.15, -0.1) is 0 Å². The van der Waals surface area contributed by atoms with Crippen LogP contribution >= 0.6 is 0 Å². The Kier molecular flexibility index (Phi) is 35.9. The van der Waals surface area contributed by atoms with Crippen molar-refractivity contribution in [1.29, 1.82) is 0 Å². The second-order valence-corrected chi connectivity index (χ2v) is 14.5. The van der Waals surface area contributed by atoms with Crippen molar-refractivity contribution in [3.05, 3.63) is 24.3 Å². The van der Waals surface area contributed by atoms with Crippen LogP contribution in [0.2, 0.25) is 0 Å². The zero-order chi connectivity index (χ0) is 34.5. The first kappa shape index (κ1) is 45.4. The van der Waals surface area contributed by atoms with Crippen molar-refractivity contribution in [2.24, 2.45) is 11.8 Å². The highest BCUT2D eigenvalue weighted by atomic mass is 16.5. The number of rotatable bonds is 38. The van der Waals surface area contributed by atoms with Gasteiger partial charge < -0.3 is 14.9 Å². The fourth-order valence-corrected chi connectivity index (χ4v) is 6.17. The summed E-state index contributed by atoms with van der Waals surface area (Å²) in [5.74, 6) is 0.0108. The van der Waals surface area contributed by atoms with Gasteiger partial charge in [0.1, 0.15) is 0 Å². The summed E-state index contributed by atoms with van der Waals surface area (Å²) < 4.78 is 6.08. The summed E-state index contributed by atoms with van der Waals surface area (Å²) in [6.45, 7) is 6.54. The van der Waals surface area contributed by atoms with E-state index in [-0.39, 0.29) is 0 Å². The molecule has 0 aliphatic heterocycles. The first-order chi connectivity index (χ1) is 22.9. The predicted octanol–water partition coefficient (Wildman–Crippen LogP) is 13.3. The fraction of sp³-hybridized carbons (Fsp3) is 0.857. The van der Waals surface area contributed by atoms with Crippen molar-refractivity contribution in [2.75, 3.05) is 13.2 Å². The summed E-state index contributed by atoms with van der Waals surface area (Å²) in [6, 6.07) is 0. The van der Waals surface area contributed by atoms with Gasteiger partial charge in [0, 0.05) is 26.1 Å². The summed E-state index contributed by atoms with van der Waals surface area (Å²) in [5.41, 5.74) is 0. The van der Waals surface area contributed by atoms with Crippen molar-refractivity contribution in [1.82, 2.24) is 0 Å². The number of allylic oxidation sites excluding steroid dienone is 4. The number of carboxylic acids is 2. The number of unbranched alkanes of at least 4 members (excludes halogenated alkanes) is 22. The molecule has 0 saturated heterocycles. The third kappa shape index (κ3) is 40.5. The second kappa shape index (κ2) is 37.2. The highest BCUT2D eigenvalue weighted by Gasteiger charge is 2.06. The monoisotopic (exact) mass is 663 g/mol. The first-order valence-electron chi connectivity index (χ1n) is 20.2. The molecule has 0 spiro atoms. The second-order valence-electron chi connectivity index (χ2n) is 14.5. The largest absolute Gasteiger partial charge is 0.481 e. The van der Waals surface area contributed by atoms with Gasteiger partial charge in [-0.25, -0.2) is 0 Å². The predicted molar refractivity (Wildman–Crippen MR) is 201 cm³/mol. The molecule has 0 aromatic rings. The Morgan fingerprint density at radius 3 is 0.979 bits per heavy atom. The van der Waals surface area contributed by atoms with E-state index in [9.17, 15) is 9.59 Å². The molecule has 0 fully saturated rings. The molecule has 0 aliphatic carbocycles. The van der Waals surface area contributed by atoms with Crippen molar-refractivity contribution in [3.63, 3.8) is 0 Å². The van der Waals surface area contributed by atoms with Gasteiger partial charge >= 0.3 is 11.9 Å². The van der Waals surface area contributed by atoms with E-state index in [2.05, 4.69) is 38.2 Å². The van der Waals surface area contributed by atoms with Crippen LogP contribution in [-0.4, -0.2) is 35.4 Å². The lowest BCUT2D eigenvalue weighted by Crippen LogP contribution is -2.11. The van der Waals surface area contributed by atoms with Gasteiger partial charge in [-0.2, -0.15) is 0 Å². The van der Waals surface area contributed by atoms with Gasteiger partial charge in [0.2, 0.25) is 0 Å². The smallest absolute Gasteiger partial charge is 0.303 e. The first-order valence-corrected chi connectivity index (χ1v) is 20.2. The average molecular weight is 663 g/mol. The van der Waals surface area contributed by atoms with Gasteiger partial charge in [-0.1, -0.05) is 141 Å². The average Bonchev–Trinajstić information content (AvgIpc) is 3.03. The van der Waals surface area contributed by atoms with Crippen LogP contribution < -0.4 is 0 Å². The quantitative estimate of drug-likeness (QED) is 0.0508. The molecule has 2 N–H and O–H groups in total. The summed E-state index contributed by atoms with van der Waals surface area (Å²) in [7, 11) is 0. The van der Waals surface area contributed by atoms with Gasteiger partial charge in [-0.05, 0) is 88.9 Å². The fourth-order valence-electron chi connectivity index (χ4n) is 6.17. The number of carboxylic acid groups (broad SMARTS) is 2. The molecule has 0 aromatic carbocycles. The molecule has 0 heterocycles. The van der Waals surface area contributed by atoms with Crippen LogP contribution in [0.15, 0.2) is 24.3 Å². The summed E-state index contributed by atoms with van der Waals surface area (Å²) in [4.78, 5) is 21.0. The van der Waals surface area contributed by atoms with E-state index in [0.717, 1.165) is 51.7 Å². The topological polar surface area (TPSA) is 83.8 Å².